The summed E-state index contributed by atoms with van der Waals surface area (Å²) in [5.41, 5.74) is 9.88. The molecule has 0 bridgehead atoms. The fourth-order valence-electron chi connectivity index (χ4n) is 4.16. The summed E-state index contributed by atoms with van der Waals surface area (Å²) in [6, 6.07) is 8.38. The van der Waals surface area contributed by atoms with Crippen LogP contribution in [0.3, 0.4) is 0 Å². The monoisotopic (exact) mass is 500 g/mol. The second-order valence-electron chi connectivity index (χ2n) is 10.8. The van der Waals surface area contributed by atoms with Crippen molar-refractivity contribution in [1.29, 1.82) is 0 Å². The zero-order valence-electron chi connectivity index (χ0n) is 24.5. The Morgan fingerprint density at radius 3 is 1.43 bits per heavy atom. The summed E-state index contributed by atoms with van der Waals surface area (Å²) in [6.45, 7) is 17.3. The molecule has 0 aliphatic carbocycles. The van der Waals surface area contributed by atoms with Gasteiger partial charge in [0.1, 0.15) is 12.2 Å². The van der Waals surface area contributed by atoms with Crippen LogP contribution in [0.2, 0.25) is 0 Å². The quantitative estimate of drug-likeness (QED) is 0.242. The number of allylic oxidation sites excluding steroid dienone is 6. The average molecular weight is 501 g/mol. The number of nitrogens with zero attached hydrogens (tertiary/aromatic N) is 2. The molecule has 2 unspecified atom stereocenters. The van der Waals surface area contributed by atoms with Gasteiger partial charge in [0.05, 0.1) is 11.4 Å². The van der Waals surface area contributed by atoms with Crippen molar-refractivity contribution in [2.45, 2.75) is 106 Å². The molecule has 2 heterocycles. The van der Waals surface area contributed by atoms with Crippen LogP contribution in [0.1, 0.15) is 115 Å². The fraction of sp³-hybridized carbons (Fsp3) is 0.471. The Balaban J connectivity index is 2.30. The van der Waals surface area contributed by atoms with Crippen molar-refractivity contribution in [3.8, 4) is 0 Å². The van der Waals surface area contributed by atoms with E-state index in [1.807, 2.05) is 24.5 Å². The Hall–Kier alpha value is -2.78. The van der Waals surface area contributed by atoms with Crippen LogP contribution < -0.4 is 0 Å². The zero-order valence-corrected chi connectivity index (χ0v) is 24.5. The number of aryl methyl sites for hydroxylation is 2. The molecule has 0 N–H and O–H groups in total. The van der Waals surface area contributed by atoms with E-state index in [1.54, 1.807) is 0 Å². The number of rotatable bonds is 14. The van der Waals surface area contributed by atoms with E-state index in [1.165, 1.54) is 33.4 Å². The molecule has 0 radical (unpaired) electrons. The van der Waals surface area contributed by atoms with E-state index < -0.39 is 0 Å². The van der Waals surface area contributed by atoms with Crippen molar-refractivity contribution < 1.29 is 4.74 Å². The summed E-state index contributed by atoms with van der Waals surface area (Å²) >= 11 is 0. The van der Waals surface area contributed by atoms with E-state index in [4.69, 9.17) is 14.7 Å². The summed E-state index contributed by atoms with van der Waals surface area (Å²) < 4.78 is 6.88. The molecule has 3 nitrogen and oxygen atoms in total. The Kier molecular flexibility index (Phi) is 13.3. The molecule has 0 aromatic carbocycles. The number of pyridine rings is 2. The molecule has 3 heteroatoms. The Morgan fingerprint density at radius 1 is 0.676 bits per heavy atom. The maximum Gasteiger partial charge on any atom is 0.104 e. The molecule has 0 saturated heterocycles. The predicted molar refractivity (Wildman–Crippen MR) is 159 cm³/mol. The van der Waals surface area contributed by atoms with Gasteiger partial charge in [-0.3, -0.25) is 9.97 Å². The highest BCUT2D eigenvalue weighted by Gasteiger charge is 2.21. The lowest BCUT2D eigenvalue weighted by atomic mass is 10.0. The summed E-state index contributed by atoms with van der Waals surface area (Å²) in [7, 11) is 0. The van der Waals surface area contributed by atoms with Crippen molar-refractivity contribution in [2.24, 2.45) is 0 Å². The van der Waals surface area contributed by atoms with Gasteiger partial charge in [-0.05, 0) is 129 Å². The molecule has 0 aliphatic rings. The highest BCUT2D eigenvalue weighted by Crippen LogP contribution is 2.32. The van der Waals surface area contributed by atoms with Gasteiger partial charge in [-0.15, -0.1) is 0 Å². The predicted octanol–water partition coefficient (Wildman–Crippen LogP) is 10.1. The molecule has 37 heavy (non-hydrogen) atoms. The highest BCUT2D eigenvalue weighted by molar-refractivity contribution is 5.20. The zero-order chi connectivity index (χ0) is 27.2. The van der Waals surface area contributed by atoms with Crippen molar-refractivity contribution in [3.63, 3.8) is 0 Å². The van der Waals surface area contributed by atoms with Crippen molar-refractivity contribution in [2.75, 3.05) is 0 Å². The molecule has 200 valence electrons. The number of aromatic nitrogens is 2. The van der Waals surface area contributed by atoms with Crippen LogP contribution in [0.4, 0.5) is 0 Å². The first-order valence-corrected chi connectivity index (χ1v) is 13.7. The first kappa shape index (κ1) is 30.4. The Labute approximate surface area is 226 Å². The third-order valence-electron chi connectivity index (χ3n) is 6.40. The summed E-state index contributed by atoms with van der Waals surface area (Å²) in [4.78, 5) is 9.43. The van der Waals surface area contributed by atoms with E-state index in [2.05, 4.69) is 91.8 Å². The standard InChI is InChI=1S/C34H48N2O/c1-25(2)11-9-13-27(5)15-17-33(31-23-29(7)19-21-35-31)37-34(32-24-30(8)20-22-36-32)18-16-28(6)14-10-12-26(3)4/h11-12,15-16,19-24,33-34H,9-10,13-14,17-18H2,1-8H3. The smallest absolute Gasteiger partial charge is 0.104 e. The van der Waals surface area contributed by atoms with Crippen molar-refractivity contribution in [1.82, 2.24) is 9.97 Å². The van der Waals surface area contributed by atoms with Gasteiger partial charge >= 0.3 is 0 Å². The lowest BCUT2D eigenvalue weighted by molar-refractivity contribution is -0.0167. The lowest BCUT2D eigenvalue weighted by Gasteiger charge is -2.24. The maximum atomic E-state index is 6.88. The second kappa shape index (κ2) is 16.1. The van der Waals surface area contributed by atoms with Gasteiger partial charge in [-0.25, -0.2) is 0 Å². The van der Waals surface area contributed by atoms with Gasteiger partial charge in [-0.2, -0.15) is 0 Å². The van der Waals surface area contributed by atoms with Gasteiger partial charge in [0, 0.05) is 12.4 Å². The molecule has 0 saturated carbocycles. The second-order valence-corrected chi connectivity index (χ2v) is 10.8. The van der Waals surface area contributed by atoms with Gasteiger partial charge in [0.2, 0.25) is 0 Å². The third kappa shape index (κ3) is 12.3. The number of ether oxygens (including phenoxy) is 1. The van der Waals surface area contributed by atoms with E-state index in [9.17, 15) is 0 Å². The summed E-state index contributed by atoms with van der Waals surface area (Å²) in [6.07, 6.45) is 18.6. The van der Waals surface area contributed by atoms with Crippen molar-refractivity contribution >= 4 is 0 Å². The minimum atomic E-state index is -0.134. The third-order valence-corrected chi connectivity index (χ3v) is 6.40. The molecule has 0 amide bonds. The van der Waals surface area contributed by atoms with Gasteiger partial charge in [-0.1, -0.05) is 46.6 Å². The van der Waals surface area contributed by atoms with E-state index >= 15 is 0 Å². The van der Waals surface area contributed by atoms with Crippen LogP contribution in [-0.2, 0) is 4.74 Å². The molecule has 2 aromatic heterocycles. The minimum Gasteiger partial charge on any atom is -0.362 e. The van der Waals surface area contributed by atoms with E-state index in [0.717, 1.165) is 49.9 Å². The molecule has 0 aliphatic heterocycles. The van der Waals surface area contributed by atoms with Gasteiger partial charge < -0.3 is 4.74 Å². The van der Waals surface area contributed by atoms with E-state index in [0.29, 0.717) is 0 Å². The molecule has 0 spiro atoms. The molecular weight excluding hydrogens is 452 g/mol. The number of hydrogen-bond donors (Lipinski definition) is 0. The molecule has 0 fully saturated rings. The van der Waals surface area contributed by atoms with Crippen molar-refractivity contribution in [3.05, 3.63) is 106 Å². The van der Waals surface area contributed by atoms with Gasteiger partial charge in [0.15, 0.2) is 0 Å². The maximum absolute atomic E-state index is 6.88. The highest BCUT2D eigenvalue weighted by atomic mass is 16.5. The van der Waals surface area contributed by atoms with Crippen LogP contribution in [0.25, 0.3) is 0 Å². The van der Waals surface area contributed by atoms with Crippen LogP contribution in [0.5, 0.6) is 0 Å². The normalized spacial score (nSPS) is 13.7. The van der Waals surface area contributed by atoms with Crippen LogP contribution in [-0.4, -0.2) is 9.97 Å². The van der Waals surface area contributed by atoms with Crippen LogP contribution in [0, 0.1) is 13.8 Å². The fourth-order valence-corrected chi connectivity index (χ4v) is 4.16. The first-order chi connectivity index (χ1) is 17.6. The van der Waals surface area contributed by atoms with Crippen LogP contribution in [0.15, 0.2) is 83.3 Å². The molecular formula is C34H48N2O. The molecule has 2 atom stereocenters. The van der Waals surface area contributed by atoms with Crippen LogP contribution >= 0.6 is 0 Å². The average Bonchev–Trinajstić information content (AvgIpc) is 2.83. The minimum absolute atomic E-state index is 0.134. The van der Waals surface area contributed by atoms with E-state index in [-0.39, 0.29) is 12.2 Å². The first-order valence-electron chi connectivity index (χ1n) is 13.7. The molecule has 2 aromatic rings. The van der Waals surface area contributed by atoms with Gasteiger partial charge in [0.25, 0.3) is 0 Å². The summed E-state index contributed by atoms with van der Waals surface area (Å²) in [5.74, 6) is 0. The topological polar surface area (TPSA) is 35.0 Å². The summed E-state index contributed by atoms with van der Waals surface area (Å²) in [5, 5.41) is 0. The Morgan fingerprint density at radius 2 is 1.08 bits per heavy atom. The lowest BCUT2D eigenvalue weighted by Crippen LogP contribution is -2.13. The molecule has 2 rings (SSSR count). The largest absolute Gasteiger partial charge is 0.362 e. The SMILES string of the molecule is CC(C)=CCCC(C)=CCC(OC(CC=C(C)CCC=C(C)C)c1cc(C)ccn1)c1cc(C)ccn1. The Bertz CT molecular complexity index is 1010. The number of hydrogen-bond acceptors (Lipinski definition) is 3.